The number of aromatic nitrogens is 3. The van der Waals surface area contributed by atoms with Gasteiger partial charge in [-0.2, -0.15) is 0 Å². The van der Waals surface area contributed by atoms with E-state index < -0.39 is 5.82 Å². The van der Waals surface area contributed by atoms with E-state index in [-0.39, 0.29) is 17.6 Å². The Morgan fingerprint density at radius 1 is 1.15 bits per heavy atom. The van der Waals surface area contributed by atoms with E-state index in [0.717, 1.165) is 11.4 Å². The van der Waals surface area contributed by atoms with Crippen molar-refractivity contribution in [1.82, 2.24) is 20.1 Å². The zero-order valence-electron chi connectivity index (χ0n) is 18.7. The van der Waals surface area contributed by atoms with E-state index in [2.05, 4.69) is 20.8 Å². The number of amides is 2. The summed E-state index contributed by atoms with van der Waals surface area (Å²) in [5.41, 5.74) is 1.78. The molecule has 0 saturated heterocycles. The first kappa shape index (κ1) is 24.2. The number of halogens is 1. The normalized spacial score (nSPS) is 10.7. The van der Waals surface area contributed by atoms with Crippen molar-refractivity contribution in [3.05, 3.63) is 65.2 Å². The molecule has 10 heteroatoms. The molecule has 0 bridgehead atoms. The lowest BCUT2D eigenvalue weighted by Crippen LogP contribution is -2.26. The van der Waals surface area contributed by atoms with Crippen LogP contribution in [0, 0.1) is 12.7 Å². The molecule has 2 aromatic carbocycles. The van der Waals surface area contributed by atoms with Crippen LogP contribution in [-0.2, 0) is 17.8 Å². The van der Waals surface area contributed by atoms with E-state index in [9.17, 15) is 14.0 Å². The fourth-order valence-electron chi connectivity index (χ4n) is 3.11. The van der Waals surface area contributed by atoms with Gasteiger partial charge in [0.05, 0.1) is 12.9 Å². The molecule has 2 N–H and O–H groups in total. The van der Waals surface area contributed by atoms with Crippen molar-refractivity contribution in [1.29, 1.82) is 0 Å². The average molecular weight is 472 g/mol. The molecule has 0 saturated carbocycles. The number of hydrogen-bond donors (Lipinski definition) is 2. The van der Waals surface area contributed by atoms with Gasteiger partial charge in [0.1, 0.15) is 17.4 Å². The van der Waals surface area contributed by atoms with Crippen LogP contribution in [0.25, 0.3) is 0 Å². The molecule has 0 radical (unpaired) electrons. The Balaban J connectivity index is 1.52. The van der Waals surface area contributed by atoms with Gasteiger partial charge in [-0.1, -0.05) is 17.8 Å². The lowest BCUT2D eigenvalue weighted by molar-refractivity contribution is -0.113. The molecule has 0 spiro atoms. The van der Waals surface area contributed by atoms with E-state index >= 15 is 0 Å². The number of carbonyl (C=O) groups excluding carboxylic acids is 2. The number of carbonyl (C=O) groups is 2. The molecular weight excluding hydrogens is 445 g/mol. The first-order valence-corrected chi connectivity index (χ1v) is 11.4. The van der Waals surface area contributed by atoms with Gasteiger partial charge >= 0.3 is 0 Å². The van der Waals surface area contributed by atoms with Gasteiger partial charge in [0.2, 0.25) is 5.91 Å². The molecule has 0 atom stereocenters. The Kier molecular flexibility index (Phi) is 8.42. The van der Waals surface area contributed by atoms with Crippen molar-refractivity contribution in [2.45, 2.75) is 32.0 Å². The standard InChI is InChI=1S/C23H26FN5O3S/c1-4-29-20(11-12-25-22(31)16-6-9-18(32-3)10-7-16)27-28-23(29)33-14-21(30)26-19-13-17(24)8-5-15(19)2/h5-10,13H,4,11-12,14H2,1-3H3,(H,25,31)(H,26,30). The van der Waals surface area contributed by atoms with Crippen molar-refractivity contribution in [3.8, 4) is 5.75 Å². The van der Waals surface area contributed by atoms with Crippen LogP contribution in [-0.4, -0.2) is 46.0 Å². The van der Waals surface area contributed by atoms with Crippen molar-refractivity contribution >= 4 is 29.3 Å². The summed E-state index contributed by atoms with van der Waals surface area (Å²) in [6.07, 6.45) is 0.498. The van der Waals surface area contributed by atoms with Gasteiger partial charge in [0.15, 0.2) is 5.16 Å². The number of hydrogen-bond acceptors (Lipinski definition) is 6. The molecular formula is C23H26FN5O3S. The molecule has 174 valence electrons. The first-order chi connectivity index (χ1) is 15.9. The maximum absolute atomic E-state index is 13.4. The van der Waals surface area contributed by atoms with Crippen LogP contribution in [0.4, 0.5) is 10.1 Å². The summed E-state index contributed by atoms with van der Waals surface area (Å²) in [6, 6.07) is 11.1. The van der Waals surface area contributed by atoms with Crippen LogP contribution in [0.2, 0.25) is 0 Å². The summed E-state index contributed by atoms with van der Waals surface area (Å²) in [5, 5.41) is 14.6. The molecule has 2 amide bonds. The maximum Gasteiger partial charge on any atom is 0.251 e. The average Bonchev–Trinajstić information content (AvgIpc) is 3.21. The quantitative estimate of drug-likeness (QED) is 0.440. The van der Waals surface area contributed by atoms with Crippen LogP contribution < -0.4 is 15.4 Å². The van der Waals surface area contributed by atoms with Gasteiger partial charge in [0.25, 0.3) is 5.91 Å². The predicted octanol–water partition coefficient (Wildman–Crippen LogP) is 3.46. The van der Waals surface area contributed by atoms with Crippen LogP contribution in [0.3, 0.4) is 0 Å². The number of anilines is 1. The second-order valence-corrected chi connectivity index (χ2v) is 8.12. The van der Waals surface area contributed by atoms with E-state index in [4.69, 9.17) is 4.74 Å². The van der Waals surface area contributed by atoms with Gasteiger partial charge in [-0.25, -0.2) is 4.39 Å². The highest BCUT2D eigenvalue weighted by Crippen LogP contribution is 2.20. The third-order valence-electron chi connectivity index (χ3n) is 4.90. The number of ether oxygens (including phenoxy) is 1. The third-order valence-corrected chi connectivity index (χ3v) is 5.87. The van der Waals surface area contributed by atoms with Gasteiger partial charge in [-0.15, -0.1) is 10.2 Å². The smallest absolute Gasteiger partial charge is 0.251 e. The molecule has 1 heterocycles. The van der Waals surface area contributed by atoms with Crippen molar-refractivity contribution in [2.24, 2.45) is 0 Å². The van der Waals surface area contributed by atoms with Crippen molar-refractivity contribution in [3.63, 3.8) is 0 Å². The van der Waals surface area contributed by atoms with Crippen molar-refractivity contribution < 1.29 is 18.7 Å². The van der Waals surface area contributed by atoms with Crippen LogP contribution in [0.5, 0.6) is 5.75 Å². The van der Waals surface area contributed by atoms with Crippen molar-refractivity contribution in [2.75, 3.05) is 24.7 Å². The number of nitrogens with one attached hydrogen (secondary N) is 2. The Morgan fingerprint density at radius 3 is 2.61 bits per heavy atom. The topological polar surface area (TPSA) is 98.1 Å². The number of rotatable bonds is 10. The molecule has 33 heavy (non-hydrogen) atoms. The fraction of sp³-hybridized carbons (Fsp3) is 0.304. The molecule has 1 aromatic heterocycles. The molecule has 0 aliphatic heterocycles. The largest absolute Gasteiger partial charge is 0.497 e. The second kappa shape index (κ2) is 11.5. The van der Waals surface area contributed by atoms with Gasteiger partial charge < -0.3 is 19.9 Å². The molecule has 8 nitrogen and oxygen atoms in total. The second-order valence-electron chi connectivity index (χ2n) is 7.17. The summed E-state index contributed by atoms with van der Waals surface area (Å²) in [4.78, 5) is 24.6. The SMILES string of the molecule is CCn1c(CCNC(=O)c2ccc(OC)cc2)nnc1SCC(=O)Nc1cc(F)ccc1C. The Morgan fingerprint density at radius 2 is 1.91 bits per heavy atom. The lowest BCUT2D eigenvalue weighted by atomic mass is 10.2. The summed E-state index contributed by atoms with van der Waals surface area (Å²) in [7, 11) is 1.57. The predicted molar refractivity (Wildman–Crippen MR) is 125 cm³/mol. The van der Waals surface area contributed by atoms with Gasteiger partial charge in [-0.05, 0) is 55.8 Å². The Labute approximate surface area is 195 Å². The maximum atomic E-state index is 13.4. The van der Waals surface area contributed by atoms with E-state index in [1.165, 1.54) is 23.9 Å². The number of nitrogens with zero attached hydrogens (tertiary/aromatic N) is 3. The van der Waals surface area contributed by atoms with Gasteiger partial charge in [0, 0.05) is 30.8 Å². The van der Waals surface area contributed by atoms with Crippen LogP contribution in [0.1, 0.15) is 28.7 Å². The summed E-state index contributed by atoms with van der Waals surface area (Å²) < 4.78 is 20.4. The van der Waals surface area contributed by atoms with E-state index in [1.807, 2.05) is 11.5 Å². The van der Waals surface area contributed by atoms with E-state index in [1.54, 1.807) is 44.4 Å². The highest BCUT2D eigenvalue weighted by molar-refractivity contribution is 7.99. The summed E-state index contributed by atoms with van der Waals surface area (Å²) >= 11 is 1.25. The number of benzene rings is 2. The zero-order chi connectivity index (χ0) is 23.8. The number of aryl methyl sites for hydroxylation is 1. The minimum absolute atomic E-state index is 0.113. The summed E-state index contributed by atoms with van der Waals surface area (Å²) in [5.74, 6) is 0.677. The summed E-state index contributed by atoms with van der Waals surface area (Å²) in [6.45, 7) is 4.79. The molecule has 3 aromatic rings. The first-order valence-electron chi connectivity index (χ1n) is 10.4. The number of thioether (sulfide) groups is 1. The molecule has 3 rings (SSSR count). The van der Waals surface area contributed by atoms with Crippen LogP contribution >= 0.6 is 11.8 Å². The molecule has 0 fully saturated rings. The van der Waals surface area contributed by atoms with Gasteiger partial charge in [-0.3, -0.25) is 9.59 Å². The third kappa shape index (κ3) is 6.55. The highest BCUT2D eigenvalue weighted by Gasteiger charge is 2.14. The Bertz CT molecular complexity index is 1120. The molecule has 0 aliphatic carbocycles. The molecule has 0 aliphatic rings. The minimum atomic E-state index is -0.405. The fourth-order valence-corrected chi connectivity index (χ4v) is 3.93. The minimum Gasteiger partial charge on any atom is -0.497 e. The zero-order valence-corrected chi connectivity index (χ0v) is 19.5. The van der Waals surface area contributed by atoms with Crippen LogP contribution in [0.15, 0.2) is 47.6 Å². The lowest BCUT2D eigenvalue weighted by Gasteiger charge is -2.10. The highest BCUT2D eigenvalue weighted by atomic mass is 32.2. The number of methoxy groups -OCH3 is 1. The van der Waals surface area contributed by atoms with E-state index in [0.29, 0.717) is 41.7 Å². The molecule has 0 unspecified atom stereocenters. The Hall–Kier alpha value is -3.40. The monoisotopic (exact) mass is 471 g/mol.